The average molecular weight is 602 g/mol. The highest BCUT2D eigenvalue weighted by Gasteiger charge is 2.55. The van der Waals surface area contributed by atoms with E-state index >= 15 is 0 Å². The predicted octanol–water partition coefficient (Wildman–Crippen LogP) is 4.03. The number of amides is 3. The number of carbonyl (C=O) groups excluding carboxylic acids is 3. The van der Waals surface area contributed by atoms with Crippen LogP contribution in [0.2, 0.25) is 0 Å². The number of benzene rings is 3. The standard InChI is InChI=1S/C27H20BrN7O5/c28-18-8-6-16(7-9-18)21-14-22(17-4-2-1-3-5-17)34(30-21)23(36)15-32-25-24(29-31-32)26(37)33(27(25)38)19-10-12-20(13-11-19)35(39)40/h1-13,22,24-25H,14-15H2/t22-,24+,25+/m1/s1. The summed E-state index contributed by atoms with van der Waals surface area (Å²) in [5.41, 5.74) is 2.55. The first-order chi connectivity index (χ1) is 19.3. The van der Waals surface area contributed by atoms with Gasteiger partial charge in [0.1, 0.15) is 6.54 Å². The molecule has 0 aromatic heterocycles. The van der Waals surface area contributed by atoms with Crippen LogP contribution in [0.15, 0.2) is 98.8 Å². The zero-order valence-electron chi connectivity index (χ0n) is 20.7. The molecule has 12 nitrogen and oxygen atoms in total. The van der Waals surface area contributed by atoms with Crippen LogP contribution < -0.4 is 4.90 Å². The quantitative estimate of drug-likeness (QED) is 0.237. The Morgan fingerprint density at radius 3 is 2.35 bits per heavy atom. The molecule has 3 aliphatic rings. The second-order valence-corrected chi connectivity index (χ2v) is 10.3. The van der Waals surface area contributed by atoms with E-state index in [-0.39, 0.29) is 24.0 Å². The molecule has 3 aliphatic heterocycles. The number of halogens is 1. The van der Waals surface area contributed by atoms with Crippen molar-refractivity contribution in [1.29, 1.82) is 0 Å². The van der Waals surface area contributed by atoms with Gasteiger partial charge < -0.3 is 0 Å². The van der Waals surface area contributed by atoms with E-state index in [2.05, 4.69) is 31.4 Å². The number of nitro benzene ring substituents is 1. The van der Waals surface area contributed by atoms with E-state index < -0.39 is 34.7 Å². The molecule has 3 aromatic rings. The fourth-order valence-corrected chi connectivity index (χ4v) is 5.30. The first-order valence-corrected chi connectivity index (χ1v) is 13.1. The van der Waals surface area contributed by atoms with Gasteiger partial charge in [0.2, 0.25) is 0 Å². The highest BCUT2D eigenvalue weighted by Crippen LogP contribution is 2.35. The van der Waals surface area contributed by atoms with Crippen molar-refractivity contribution in [2.75, 3.05) is 11.4 Å². The van der Waals surface area contributed by atoms with Crippen molar-refractivity contribution in [2.24, 2.45) is 15.4 Å². The molecule has 0 spiro atoms. The molecule has 6 rings (SSSR count). The Kier molecular flexibility index (Phi) is 6.42. The number of imide groups is 1. The van der Waals surface area contributed by atoms with Gasteiger partial charge in [0.15, 0.2) is 12.1 Å². The van der Waals surface area contributed by atoms with Crippen LogP contribution in [0, 0.1) is 10.1 Å². The van der Waals surface area contributed by atoms with Crippen molar-refractivity contribution in [3.05, 3.63) is 105 Å². The van der Waals surface area contributed by atoms with E-state index in [4.69, 9.17) is 0 Å². The zero-order valence-corrected chi connectivity index (χ0v) is 22.3. The molecular formula is C27H20BrN7O5. The lowest BCUT2D eigenvalue weighted by atomic mass is 9.98. The smallest absolute Gasteiger partial charge is 0.269 e. The maximum atomic E-state index is 13.6. The van der Waals surface area contributed by atoms with Crippen LogP contribution in [0.5, 0.6) is 0 Å². The third-order valence-electron chi connectivity index (χ3n) is 7.00. The van der Waals surface area contributed by atoms with Crippen molar-refractivity contribution in [3.63, 3.8) is 0 Å². The monoisotopic (exact) mass is 601 g/mol. The number of hydrogen-bond acceptors (Lipinski definition) is 9. The van der Waals surface area contributed by atoms with E-state index in [9.17, 15) is 24.5 Å². The number of nitrogens with zero attached hydrogens (tertiary/aromatic N) is 7. The molecule has 1 saturated heterocycles. The van der Waals surface area contributed by atoms with Crippen LogP contribution in [-0.4, -0.2) is 57.0 Å². The molecule has 1 fully saturated rings. The van der Waals surface area contributed by atoms with Gasteiger partial charge in [0.25, 0.3) is 23.4 Å². The van der Waals surface area contributed by atoms with Gasteiger partial charge in [-0.05, 0) is 35.4 Å². The minimum atomic E-state index is -1.11. The Morgan fingerprint density at radius 2 is 1.68 bits per heavy atom. The van der Waals surface area contributed by atoms with Crippen LogP contribution in [0.3, 0.4) is 0 Å². The molecule has 0 radical (unpaired) electrons. The van der Waals surface area contributed by atoms with Gasteiger partial charge in [-0.3, -0.25) is 29.5 Å². The van der Waals surface area contributed by atoms with Crippen molar-refractivity contribution < 1.29 is 19.3 Å². The van der Waals surface area contributed by atoms with E-state index in [0.717, 1.165) is 26.2 Å². The number of non-ortho nitro benzene ring substituents is 1. The van der Waals surface area contributed by atoms with Crippen LogP contribution in [0.25, 0.3) is 0 Å². The van der Waals surface area contributed by atoms with Crippen LogP contribution in [0.1, 0.15) is 23.6 Å². The number of rotatable bonds is 6. The molecule has 0 aliphatic carbocycles. The molecule has 40 heavy (non-hydrogen) atoms. The molecule has 0 bridgehead atoms. The summed E-state index contributed by atoms with van der Waals surface area (Å²) in [4.78, 5) is 51.4. The minimum Gasteiger partial charge on any atom is -0.271 e. The Labute approximate surface area is 235 Å². The van der Waals surface area contributed by atoms with E-state index in [1.165, 1.54) is 34.3 Å². The number of hydrazone groups is 1. The lowest BCUT2D eigenvalue weighted by Gasteiger charge is -2.25. The van der Waals surface area contributed by atoms with Gasteiger partial charge in [-0.2, -0.15) is 10.2 Å². The lowest BCUT2D eigenvalue weighted by Crippen LogP contribution is -2.44. The summed E-state index contributed by atoms with van der Waals surface area (Å²) in [6.07, 6.45) is 0.496. The molecule has 0 N–H and O–H groups in total. The predicted molar refractivity (Wildman–Crippen MR) is 146 cm³/mol. The topological polar surface area (TPSA) is 141 Å². The van der Waals surface area contributed by atoms with Gasteiger partial charge in [-0.25, -0.2) is 9.91 Å². The Morgan fingerprint density at radius 1 is 0.975 bits per heavy atom. The summed E-state index contributed by atoms with van der Waals surface area (Å²) >= 11 is 3.43. The normalized spacial score (nSPS) is 21.7. The highest BCUT2D eigenvalue weighted by molar-refractivity contribution is 9.10. The van der Waals surface area contributed by atoms with Crippen molar-refractivity contribution >= 4 is 50.7 Å². The van der Waals surface area contributed by atoms with Gasteiger partial charge in [0, 0.05) is 23.0 Å². The minimum absolute atomic E-state index is 0.170. The molecule has 3 atom stereocenters. The molecule has 3 heterocycles. The number of carbonyl (C=O) groups is 3. The maximum Gasteiger partial charge on any atom is 0.269 e. The first kappa shape index (κ1) is 25.5. The Hall–Kier alpha value is -4.78. The first-order valence-electron chi connectivity index (χ1n) is 12.3. The molecule has 3 amide bonds. The Bertz CT molecular complexity index is 1580. The molecular weight excluding hydrogens is 582 g/mol. The summed E-state index contributed by atoms with van der Waals surface area (Å²) in [6.45, 7) is -0.321. The summed E-state index contributed by atoms with van der Waals surface area (Å²) in [6, 6.07) is 19.7. The molecule has 0 saturated carbocycles. The summed E-state index contributed by atoms with van der Waals surface area (Å²) in [7, 11) is 0. The van der Waals surface area contributed by atoms with Crippen molar-refractivity contribution in [2.45, 2.75) is 24.5 Å². The van der Waals surface area contributed by atoms with E-state index in [1.54, 1.807) is 0 Å². The van der Waals surface area contributed by atoms with Crippen molar-refractivity contribution in [1.82, 2.24) is 10.0 Å². The van der Waals surface area contributed by atoms with Gasteiger partial charge in [-0.15, -0.1) is 0 Å². The second kappa shape index (κ2) is 10.1. The third-order valence-corrected chi connectivity index (χ3v) is 7.53. The fraction of sp³-hybridized carbons (Fsp3) is 0.185. The molecule has 3 aromatic carbocycles. The second-order valence-electron chi connectivity index (χ2n) is 9.40. The summed E-state index contributed by atoms with van der Waals surface area (Å²) < 4.78 is 0.926. The highest BCUT2D eigenvalue weighted by atomic mass is 79.9. The van der Waals surface area contributed by atoms with Gasteiger partial charge in [0.05, 0.1) is 22.4 Å². The largest absolute Gasteiger partial charge is 0.271 e. The SMILES string of the molecule is O=C1[C@H]2N=NN(CC(=O)N3N=C(c4ccc(Br)cc4)C[C@@H]3c3ccccc3)[C@@H]2C(=O)N1c1ccc([N+](=O)[O-])cc1. The van der Waals surface area contributed by atoms with Gasteiger partial charge >= 0.3 is 0 Å². The van der Waals surface area contributed by atoms with E-state index in [1.807, 2.05) is 54.6 Å². The maximum absolute atomic E-state index is 13.6. The molecule has 200 valence electrons. The van der Waals surface area contributed by atoms with Crippen molar-refractivity contribution in [3.8, 4) is 0 Å². The Balaban J connectivity index is 1.24. The number of hydrogen-bond donors (Lipinski definition) is 0. The van der Waals surface area contributed by atoms with E-state index in [0.29, 0.717) is 6.42 Å². The summed E-state index contributed by atoms with van der Waals surface area (Å²) in [5.74, 6) is -1.63. The lowest BCUT2D eigenvalue weighted by molar-refractivity contribution is -0.384. The van der Waals surface area contributed by atoms with Crippen LogP contribution in [0.4, 0.5) is 11.4 Å². The summed E-state index contributed by atoms with van der Waals surface area (Å²) in [5, 5.41) is 26.2. The number of nitro groups is 1. The third kappa shape index (κ3) is 4.43. The fourth-order valence-electron chi connectivity index (χ4n) is 5.03. The van der Waals surface area contributed by atoms with Gasteiger partial charge in [-0.1, -0.05) is 63.6 Å². The molecule has 0 unspecified atom stereocenters. The van der Waals surface area contributed by atoms with Crippen LogP contribution >= 0.6 is 15.9 Å². The van der Waals surface area contributed by atoms with Crippen LogP contribution in [-0.2, 0) is 14.4 Å². The zero-order chi connectivity index (χ0) is 28.0. The number of fused-ring (bicyclic) bond motifs is 1. The molecule has 13 heteroatoms. The number of anilines is 1. The average Bonchev–Trinajstić information content (AvgIpc) is 3.65.